The standard InChI is InChI=1S/C23H27N3O4/c1-23(2,3)30-22(29)25-18-10-8-17(9-11-18)21(28)26(19-12-13-19)14-15-4-6-16(7-5-15)20(24)27/h4-11,19H,12-14H2,1-3H3,(H2,24,27)(H,25,29). The summed E-state index contributed by atoms with van der Waals surface area (Å²) in [7, 11) is 0. The van der Waals surface area contributed by atoms with Crippen molar-refractivity contribution in [3.63, 3.8) is 0 Å². The summed E-state index contributed by atoms with van der Waals surface area (Å²) in [6, 6.07) is 13.9. The van der Waals surface area contributed by atoms with Crippen LogP contribution in [0.25, 0.3) is 0 Å². The molecule has 0 aliphatic heterocycles. The van der Waals surface area contributed by atoms with Gasteiger partial charge in [-0.05, 0) is 75.6 Å². The van der Waals surface area contributed by atoms with E-state index in [2.05, 4.69) is 5.32 Å². The first-order valence-corrected chi connectivity index (χ1v) is 9.92. The lowest BCUT2D eigenvalue weighted by atomic mass is 10.1. The van der Waals surface area contributed by atoms with Crippen molar-refractivity contribution in [2.75, 3.05) is 5.32 Å². The van der Waals surface area contributed by atoms with E-state index in [1.807, 2.05) is 17.0 Å². The van der Waals surface area contributed by atoms with E-state index in [0.717, 1.165) is 18.4 Å². The van der Waals surface area contributed by atoms with Gasteiger partial charge >= 0.3 is 6.09 Å². The van der Waals surface area contributed by atoms with Crippen LogP contribution in [0.3, 0.4) is 0 Å². The fraction of sp³-hybridized carbons (Fsp3) is 0.348. The molecular formula is C23H27N3O4. The van der Waals surface area contributed by atoms with Gasteiger partial charge < -0.3 is 15.4 Å². The van der Waals surface area contributed by atoms with Gasteiger partial charge in [-0.25, -0.2) is 4.79 Å². The van der Waals surface area contributed by atoms with Crippen molar-refractivity contribution in [3.05, 3.63) is 65.2 Å². The zero-order chi connectivity index (χ0) is 21.9. The Kier molecular flexibility index (Phi) is 6.10. The Morgan fingerprint density at radius 2 is 1.57 bits per heavy atom. The molecule has 7 nitrogen and oxygen atoms in total. The molecule has 0 unspecified atom stereocenters. The summed E-state index contributed by atoms with van der Waals surface area (Å²) in [5.74, 6) is -0.544. The number of nitrogens with two attached hydrogens (primary N) is 1. The first-order valence-electron chi connectivity index (χ1n) is 9.92. The van der Waals surface area contributed by atoms with Crippen LogP contribution in [-0.4, -0.2) is 34.5 Å². The molecule has 1 saturated carbocycles. The summed E-state index contributed by atoms with van der Waals surface area (Å²) >= 11 is 0. The Hall–Kier alpha value is -3.35. The second-order valence-corrected chi connectivity index (χ2v) is 8.43. The smallest absolute Gasteiger partial charge is 0.412 e. The van der Waals surface area contributed by atoms with Crippen molar-refractivity contribution in [2.45, 2.75) is 51.8 Å². The largest absolute Gasteiger partial charge is 0.444 e. The van der Waals surface area contributed by atoms with Crippen LogP contribution in [0.5, 0.6) is 0 Å². The number of primary amides is 1. The van der Waals surface area contributed by atoms with Crippen LogP contribution in [0.15, 0.2) is 48.5 Å². The third kappa shape index (κ3) is 5.83. The first kappa shape index (κ1) is 21.4. The summed E-state index contributed by atoms with van der Waals surface area (Å²) in [5, 5.41) is 2.66. The van der Waals surface area contributed by atoms with Gasteiger partial charge in [-0.1, -0.05) is 12.1 Å². The maximum atomic E-state index is 13.1. The molecule has 2 aromatic rings. The fourth-order valence-corrected chi connectivity index (χ4v) is 3.01. The Labute approximate surface area is 176 Å². The third-order valence-electron chi connectivity index (χ3n) is 4.62. The van der Waals surface area contributed by atoms with Crippen molar-refractivity contribution in [1.29, 1.82) is 0 Å². The molecule has 0 atom stereocenters. The number of benzene rings is 2. The van der Waals surface area contributed by atoms with Crippen molar-refractivity contribution in [1.82, 2.24) is 4.90 Å². The minimum absolute atomic E-state index is 0.0692. The van der Waals surface area contributed by atoms with E-state index in [1.165, 1.54) is 0 Å². The van der Waals surface area contributed by atoms with E-state index < -0.39 is 17.6 Å². The molecule has 3 N–H and O–H groups in total. The minimum atomic E-state index is -0.583. The number of nitrogens with zero attached hydrogens (tertiary/aromatic N) is 1. The van der Waals surface area contributed by atoms with Crippen LogP contribution in [0.2, 0.25) is 0 Å². The Balaban J connectivity index is 1.67. The van der Waals surface area contributed by atoms with Gasteiger partial charge in [0, 0.05) is 29.4 Å². The number of ether oxygens (including phenoxy) is 1. The van der Waals surface area contributed by atoms with Crippen molar-refractivity contribution < 1.29 is 19.1 Å². The normalized spacial score (nSPS) is 13.4. The van der Waals surface area contributed by atoms with Crippen LogP contribution in [0.1, 0.15) is 59.9 Å². The van der Waals surface area contributed by atoms with Crippen LogP contribution < -0.4 is 11.1 Å². The summed E-state index contributed by atoms with van der Waals surface area (Å²) < 4.78 is 5.23. The number of carbonyl (C=O) groups excluding carboxylic acids is 3. The zero-order valence-corrected chi connectivity index (χ0v) is 17.5. The van der Waals surface area contributed by atoms with E-state index >= 15 is 0 Å². The Morgan fingerprint density at radius 1 is 1.00 bits per heavy atom. The fourth-order valence-electron chi connectivity index (χ4n) is 3.01. The number of nitrogens with one attached hydrogen (secondary N) is 1. The van der Waals surface area contributed by atoms with Crippen molar-refractivity contribution >= 4 is 23.6 Å². The molecule has 0 radical (unpaired) electrons. The number of rotatable bonds is 6. The van der Waals surface area contributed by atoms with E-state index in [0.29, 0.717) is 23.4 Å². The highest BCUT2D eigenvalue weighted by molar-refractivity contribution is 5.95. The van der Waals surface area contributed by atoms with Gasteiger partial charge in [-0.15, -0.1) is 0 Å². The topological polar surface area (TPSA) is 102 Å². The van der Waals surface area contributed by atoms with Gasteiger partial charge in [-0.3, -0.25) is 14.9 Å². The number of anilines is 1. The van der Waals surface area contributed by atoms with Crippen LogP contribution >= 0.6 is 0 Å². The summed E-state index contributed by atoms with van der Waals surface area (Å²) in [4.78, 5) is 38.0. The summed E-state index contributed by atoms with van der Waals surface area (Å²) in [5.41, 5.74) is 7.18. The SMILES string of the molecule is CC(C)(C)OC(=O)Nc1ccc(C(=O)N(Cc2ccc(C(N)=O)cc2)C2CC2)cc1. The molecule has 0 saturated heterocycles. The van der Waals surface area contributed by atoms with Crippen LogP contribution in [0.4, 0.5) is 10.5 Å². The lowest BCUT2D eigenvalue weighted by molar-refractivity contribution is 0.0635. The van der Waals surface area contributed by atoms with Gasteiger partial charge in [-0.2, -0.15) is 0 Å². The molecule has 0 heterocycles. The van der Waals surface area contributed by atoms with E-state index in [1.54, 1.807) is 57.2 Å². The Morgan fingerprint density at radius 3 is 2.07 bits per heavy atom. The molecule has 3 amide bonds. The molecular weight excluding hydrogens is 382 g/mol. The predicted molar refractivity (Wildman–Crippen MR) is 114 cm³/mol. The molecule has 158 valence electrons. The van der Waals surface area contributed by atoms with Crippen molar-refractivity contribution in [3.8, 4) is 0 Å². The maximum absolute atomic E-state index is 13.1. The summed E-state index contributed by atoms with van der Waals surface area (Å²) in [6.45, 7) is 5.84. The van der Waals surface area contributed by atoms with E-state index in [4.69, 9.17) is 10.5 Å². The molecule has 1 aliphatic carbocycles. The highest BCUT2D eigenvalue weighted by Gasteiger charge is 2.33. The molecule has 1 fully saturated rings. The molecule has 3 rings (SSSR count). The van der Waals surface area contributed by atoms with Gasteiger partial charge in [0.2, 0.25) is 5.91 Å². The minimum Gasteiger partial charge on any atom is -0.444 e. The Bertz CT molecular complexity index is 926. The van der Waals surface area contributed by atoms with E-state index in [9.17, 15) is 14.4 Å². The highest BCUT2D eigenvalue weighted by atomic mass is 16.6. The monoisotopic (exact) mass is 409 g/mol. The predicted octanol–water partition coefficient (Wildman–Crippen LogP) is 3.94. The third-order valence-corrected chi connectivity index (χ3v) is 4.62. The average molecular weight is 409 g/mol. The molecule has 2 aromatic carbocycles. The highest BCUT2D eigenvalue weighted by Crippen LogP contribution is 2.30. The number of amides is 3. The molecule has 0 bridgehead atoms. The second kappa shape index (κ2) is 8.57. The van der Waals surface area contributed by atoms with Gasteiger partial charge in [0.05, 0.1) is 0 Å². The first-order chi connectivity index (χ1) is 14.1. The van der Waals surface area contributed by atoms with Crippen LogP contribution in [-0.2, 0) is 11.3 Å². The number of hydrogen-bond donors (Lipinski definition) is 2. The molecule has 30 heavy (non-hydrogen) atoms. The average Bonchev–Trinajstić information content (AvgIpc) is 3.50. The molecule has 1 aliphatic rings. The van der Waals surface area contributed by atoms with Gasteiger partial charge in [0.25, 0.3) is 5.91 Å². The van der Waals surface area contributed by atoms with Crippen LogP contribution in [0, 0.1) is 0 Å². The lowest BCUT2D eigenvalue weighted by Crippen LogP contribution is -2.32. The second-order valence-electron chi connectivity index (χ2n) is 8.43. The lowest BCUT2D eigenvalue weighted by Gasteiger charge is -2.23. The molecule has 7 heteroatoms. The molecule has 0 aromatic heterocycles. The van der Waals surface area contributed by atoms with Gasteiger partial charge in [0.1, 0.15) is 5.60 Å². The van der Waals surface area contributed by atoms with E-state index in [-0.39, 0.29) is 11.9 Å². The maximum Gasteiger partial charge on any atom is 0.412 e. The quantitative estimate of drug-likeness (QED) is 0.754. The van der Waals surface area contributed by atoms with Gasteiger partial charge in [0.15, 0.2) is 0 Å². The molecule has 0 spiro atoms. The summed E-state index contributed by atoms with van der Waals surface area (Å²) in [6.07, 6.45) is 1.41. The number of hydrogen-bond acceptors (Lipinski definition) is 4. The van der Waals surface area contributed by atoms with Crippen molar-refractivity contribution in [2.24, 2.45) is 5.73 Å². The number of carbonyl (C=O) groups is 3. The zero-order valence-electron chi connectivity index (χ0n) is 17.5.